The molecule has 1 aliphatic heterocycles. The maximum Gasteiger partial charge on any atom is 0.211 e. The molecule has 1 aromatic rings. The third-order valence-corrected chi connectivity index (χ3v) is 5.50. The molecule has 0 radical (unpaired) electrons. The molecule has 0 aromatic heterocycles. The highest BCUT2D eigenvalue weighted by molar-refractivity contribution is 7.88. The Kier molecular flexibility index (Phi) is 5.78. The highest BCUT2D eigenvalue weighted by Crippen LogP contribution is 2.26. The van der Waals surface area contributed by atoms with Crippen LogP contribution in [0.25, 0.3) is 0 Å². The molecule has 0 spiro atoms. The predicted octanol–water partition coefficient (Wildman–Crippen LogP) is 1.85. The molecule has 1 aliphatic rings. The van der Waals surface area contributed by atoms with Gasteiger partial charge in [0.2, 0.25) is 10.0 Å². The number of sulfonamides is 1. The van der Waals surface area contributed by atoms with E-state index < -0.39 is 10.0 Å². The summed E-state index contributed by atoms with van der Waals surface area (Å²) in [6.45, 7) is 3.40. The smallest absolute Gasteiger partial charge is 0.211 e. The van der Waals surface area contributed by atoms with Gasteiger partial charge in [0.25, 0.3) is 0 Å². The van der Waals surface area contributed by atoms with Crippen molar-refractivity contribution in [3.05, 3.63) is 33.8 Å². The van der Waals surface area contributed by atoms with E-state index in [1.165, 1.54) is 10.6 Å². The van der Waals surface area contributed by atoms with E-state index in [9.17, 15) is 8.42 Å². The molecular weight excluding hydrogens is 359 g/mol. The molecule has 2 rings (SSSR count). The number of nitrogens with zero attached hydrogens (tertiary/aromatic N) is 2. The minimum atomic E-state index is -3.09. The van der Waals surface area contributed by atoms with E-state index in [2.05, 4.69) is 10.3 Å². The van der Waals surface area contributed by atoms with E-state index in [4.69, 9.17) is 28.9 Å². The summed E-state index contributed by atoms with van der Waals surface area (Å²) in [6.07, 6.45) is 1.21. The van der Waals surface area contributed by atoms with Gasteiger partial charge in [0.15, 0.2) is 5.96 Å². The number of hydrogen-bond acceptors (Lipinski definition) is 3. The van der Waals surface area contributed by atoms with Gasteiger partial charge in [0.05, 0.1) is 12.3 Å². The lowest BCUT2D eigenvalue weighted by atomic mass is 10.0. The van der Waals surface area contributed by atoms with Crippen LogP contribution in [0.4, 0.5) is 0 Å². The Bertz CT molecular complexity index is 703. The zero-order valence-corrected chi connectivity index (χ0v) is 15.3. The highest BCUT2D eigenvalue weighted by Gasteiger charge is 2.32. The lowest BCUT2D eigenvalue weighted by Gasteiger charge is -2.36. The SMILES string of the molecule is CC(NC(N)=NCC1CN(S(C)(=O)=O)C1)c1ccc(Cl)cc1Cl. The van der Waals surface area contributed by atoms with E-state index >= 15 is 0 Å². The van der Waals surface area contributed by atoms with Gasteiger partial charge in [-0.15, -0.1) is 0 Å². The van der Waals surface area contributed by atoms with Gasteiger partial charge >= 0.3 is 0 Å². The van der Waals surface area contributed by atoms with Crippen molar-refractivity contribution in [2.24, 2.45) is 16.6 Å². The second-order valence-electron chi connectivity index (χ2n) is 5.70. The van der Waals surface area contributed by atoms with E-state index in [-0.39, 0.29) is 12.0 Å². The van der Waals surface area contributed by atoms with Gasteiger partial charge in [-0.3, -0.25) is 4.99 Å². The average molecular weight is 379 g/mol. The van der Waals surface area contributed by atoms with Crippen LogP contribution in [-0.2, 0) is 10.0 Å². The third kappa shape index (κ3) is 4.97. The zero-order valence-electron chi connectivity index (χ0n) is 13.0. The highest BCUT2D eigenvalue weighted by atomic mass is 35.5. The van der Waals surface area contributed by atoms with Crippen LogP contribution >= 0.6 is 23.2 Å². The standard InChI is InChI=1S/C14H20Cl2N4O2S/c1-9(12-4-3-11(15)5-13(12)16)19-14(17)18-6-10-7-20(8-10)23(2,21)22/h3-5,9-10H,6-8H2,1-2H3,(H3,17,18,19). The van der Waals surface area contributed by atoms with Crippen LogP contribution < -0.4 is 11.1 Å². The van der Waals surface area contributed by atoms with Gasteiger partial charge in [0.1, 0.15) is 0 Å². The first-order valence-corrected chi connectivity index (χ1v) is 9.73. The van der Waals surface area contributed by atoms with Gasteiger partial charge in [-0.1, -0.05) is 29.3 Å². The van der Waals surface area contributed by atoms with Crippen molar-refractivity contribution in [1.82, 2.24) is 9.62 Å². The molecule has 0 aliphatic carbocycles. The number of nitrogens with one attached hydrogen (secondary N) is 1. The fourth-order valence-corrected chi connectivity index (χ4v) is 3.87. The molecule has 0 bridgehead atoms. The molecule has 23 heavy (non-hydrogen) atoms. The maximum absolute atomic E-state index is 11.3. The Balaban J connectivity index is 1.86. The van der Waals surface area contributed by atoms with Crippen LogP contribution in [0.15, 0.2) is 23.2 Å². The minimum Gasteiger partial charge on any atom is -0.370 e. The second-order valence-corrected chi connectivity index (χ2v) is 8.53. The average Bonchev–Trinajstić information content (AvgIpc) is 2.34. The molecule has 3 N–H and O–H groups in total. The Morgan fingerprint density at radius 2 is 2.13 bits per heavy atom. The Labute approximate surface area is 146 Å². The molecule has 1 heterocycles. The topological polar surface area (TPSA) is 87.8 Å². The number of nitrogens with two attached hydrogens (primary N) is 1. The molecule has 6 nitrogen and oxygen atoms in total. The van der Waals surface area contributed by atoms with Crippen molar-refractivity contribution in [2.45, 2.75) is 13.0 Å². The summed E-state index contributed by atoms with van der Waals surface area (Å²) in [6, 6.07) is 5.17. The Morgan fingerprint density at radius 1 is 1.48 bits per heavy atom. The number of benzene rings is 1. The molecule has 1 aromatic carbocycles. The number of rotatable bonds is 5. The van der Waals surface area contributed by atoms with E-state index in [1.807, 2.05) is 13.0 Å². The van der Waals surface area contributed by atoms with Crippen molar-refractivity contribution in [1.29, 1.82) is 0 Å². The first kappa shape index (κ1) is 18.3. The Hall–Kier alpha value is -1.02. The fraction of sp³-hybridized carbons (Fsp3) is 0.500. The third-order valence-electron chi connectivity index (χ3n) is 3.71. The quantitative estimate of drug-likeness (QED) is 0.604. The normalized spacial score (nSPS) is 18.5. The number of hydrogen-bond donors (Lipinski definition) is 2. The molecule has 128 valence electrons. The summed E-state index contributed by atoms with van der Waals surface area (Å²) in [5.74, 6) is 0.515. The summed E-state index contributed by atoms with van der Waals surface area (Å²) < 4.78 is 24.0. The van der Waals surface area contributed by atoms with Gasteiger partial charge in [-0.05, 0) is 24.6 Å². The van der Waals surface area contributed by atoms with Gasteiger partial charge < -0.3 is 11.1 Å². The first-order chi connectivity index (χ1) is 10.7. The zero-order chi connectivity index (χ0) is 17.2. The molecule has 0 amide bonds. The van der Waals surface area contributed by atoms with Crippen LogP contribution in [0.1, 0.15) is 18.5 Å². The second kappa shape index (κ2) is 7.25. The number of halogens is 2. The molecule has 1 unspecified atom stereocenters. The Morgan fingerprint density at radius 3 is 2.70 bits per heavy atom. The number of guanidine groups is 1. The first-order valence-electron chi connectivity index (χ1n) is 7.13. The van der Waals surface area contributed by atoms with Gasteiger partial charge in [-0.25, -0.2) is 12.7 Å². The van der Waals surface area contributed by atoms with Crippen molar-refractivity contribution < 1.29 is 8.42 Å². The molecule has 1 atom stereocenters. The van der Waals surface area contributed by atoms with E-state index in [0.717, 1.165) is 5.56 Å². The number of aliphatic imine (C=N–C) groups is 1. The molecular formula is C14H20Cl2N4O2S. The molecule has 1 saturated heterocycles. The van der Waals surface area contributed by atoms with E-state index in [1.54, 1.807) is 12.1 Å². The summed E-state index contributed by atoms with van der Waals surface area (Å²) in [5.41, 5.74) is 6.75. The van der Waals surface area contributed by atoms with Crippen LogP contribution in [0, 0.1) is 5.92 Å². The lowest BCUT2D eigenvalue weighted by Crippen LogP contribution is -2.50. The predicted molar refractivity (Wildman–Crippen MR) is 94.4 cm³/mol. The van der Waals surface area contributed by atoms with Crippen molar-refractivity contribution in [3.63, 3.8) is 0 Å². The van der Waals surface area contributed by atoms with Gasteiger partial charge in [0, 0.05) is 35.6 Å². The molecule has 0 saturated carbocycles. The van der Waals surface area contributed by atoms with Gasteiger partial charge in [-0.2, -0.15) is 0 Å². The van der Waals surface area contributed by atoms with Crippen LogP contribution in [0.2, 0.25) is 10.0 Å². The largest absolute Gasteiger partial charge is 0.370 e. The summed E-state index contributed by atoms with van der Waals surface area (Å²) in [4.78, 5) is 4.27. The van der Waals surface area contributed by atoms with Crippen LogP contribution in [-0.4, -0.2) is 44.6 Å². The molecule has 1 fully saturated rings. The lowest BCUT2D eigenvalue weighted by molar-refractivity contribution is 0.209. The minimum absolute atomic E-state index is 0.113. The van der Waals surface area contributed by atoms with Crippen molar-refractivity contribution in [2.75, 3.05) is 25.9 Å². The summed E-state index contributed by atoms with van der Waals surface area (Å²) >= 11 is 12.0. The summed E-state index contributed by atoms with van der Waals surface area (Å²) in [7, 11) is -3.09. The van der Waals surface area contributed by atoms with Crippen LogP contribution in [0.5, 0.6) is 0 Å². The van der Waals surface area contributed by atoms with Crippen molar-refractivity contribution >= 4 is 39.2 Å². The van der Waals surface area contributed by atoms with E-state index in [0.29, 0.717) is 35.6 Å². The van der Waals surface area contributed by atoms with Crippen LogP contribution in [0.3, 0.4) is 0 Å². The monoisotopic (exact) mass is 378 g/mol. The fourth-order valence-electron chi connectivity index (χ4n) is 2.33. The summed E-state index contributed by atoms with van der Waals surface area (Å²) in [5, 5.41) is 4.21. The maximum atomic E-state index is 11.3. The molecule has 9 heteroatoms. The van der Waals surface area contributed by atoms with Crippen molar-refractivity contribution in [3.8, 4) is 0 Å².